The molecule has 7 nitrogen and oxygen atoms in total. The van der Waals surface area contributed by atoms with Crippen molar-refractivity contribution in [2.45, 2.75) is 31.6 Å². The number of nitrogens with zero attached hydrogens (tertiary/aromatic N) is 2. The average molecular weight is 520 g/mol. The number of halogens is 1. The molecule has 170 valence electrons. The van der Waals surface area contributed by atoms with Gasteiger partial charge in [-0.1, -0.05) is 29.8 Å². The normalized spacial score (nSPS) is 11.5. The molecule has 0 radical (unpaired) electrons. The summed E-state index contributed by atoms with van der Waals surface area (Å²) in [6, 6.07) is 11.2. The lowest BCUT2D eigenvalue weighted by Gasteiger charge is -2.21. The summed E-state index contributed by atoms with van der Waals surface area (Å²) in [4.78, 5) is 30.7. The Morgan fingerprint density at radius 3 is 2.25 bits per heavy atom. The number of nitrogens with one attached hydrogen (secondary N) is 1. The van der Waals surface area contributed by atoms with Gasteiger partial charge in [-0.25, -0.2) is 8.42 Å². The first-order valence-electron chi connectivity index (χ1n) is 10.4. The van der Waals surface area contributed by atoms with E-state index in [0.717, 1.165) is 21.6 Å². The van der Waals surface area contributed by atoms with Crippen LogP contribution in [0.15, 0.2) is 62.8 Å². The van der Waals surface area contributed by atoms with Crippen LogP contribution in [0.1, 0.15) is 37.0 Å². The highest BCUT2D eigenvalue weighted by Gasteiger charge is 2.24. The number of aromatic nitrogens is 1. The molecule has 1 aromatic heterocycles. The van der Waals surface area contributed by atoms with Crippen LogP contribution in [0, 0.1) is 0 Å². The quantitative estimate of drug-likeness (QED) is 0.478. The fourth-order valence-corrected chi connectivity index (χ4v) is 4.98. The second-order valence-electron chi connectivity index (χ2n) is 7.48. The number of hydrogen-bond acceptors (Lipinski definition) is 4. The molecule has 0 atom stereocenters. The highest BCUT2D eigenvalue weighted by atomic mass is 79.9. The van der Waals surface area contributed by atoms with Gasteiger partial charge in [0, 0.05) is 41.7 Å². The van der Waals surface area contributed by atoms with Gasteiger partial charge in [-0.05, 0) is 55.3 Å². The van der Waals surface area contributed by atoms with Crippen molar-refractivity contribution in [1.29, 1.82) is 0 Å². The van der Waals surface area contributed by atoms with Crippen LogP contribution in [0.4, 0.5) is 5.69 Å². The first-order valence-corrected chi connectivity index (χ1v) is 12.6. The Bertz CT molecular complexity index is 1280. The van der Waals surface area contributed by atoms with Crippen molar-refractivity contribution in [1.82, 2.24) is 9.88 Å². The first kappa shape index (κ1) is 24.0. The van der Waals surface area contributed by atoms with Crippen molar-refractivity contribution < 1.29 is 13.2 Å². The van der Waals surface area contributed by atoms with Gasteiger partial charge < -0.3 is 9.88 Å². The smallest absolute Gasteiger partial charge is 0.264 e. The zero-order valence-corrected chi connectivity index (χ0v) is 20.7. The number of pyridine rings is 1. The molecular formula is C23H26BrN3O4S. The van der Waals surface area contributed by atoms with Gasteiger partial charge in [-0.15, -0.1) is 0 Å². The van der Waals surface area contributed by atoms with Crippen molar-refractivity contribution in [3.63, 3.8) is 0 Å². The lowest BCUT2D eigenvalue weighted by Crippen LogP contribution is -2.35. The summed E-state index contributed by atoms with van der Waals surface area (Å²) in [5.41, 5.74) is 0.481. The minimum atomic E-state index is -3.91. The molecule has 0 saturated carbocycles. The van der Waals surface area contributed by atoms with E-state index in [0.29, 0.717) is 24.3 Å². The third-order valence-corrected chi connectivity index (χ3v) is 7.52. The van der Waals surface area contributed by atoms with Crippen molar-refractivity contribution in [2.24, 2.45) is 0 Å². The van der Waals surface area contributed by atoms with Gasteiger partial charge >= 0.3 is 0 Å². The zero-order chi connectivity index (χ0) is 23.5. The summed E-state index contributed by atoms with van der Waals surface area (Å²) in [5.74, 6) is -0.350. The molecule has 3 aromatic rings. The number of carbonyl (C=O) groups excluding carboxylic acids is 1. The Hall–Kier alpha value is -2.65. The highest BCUT2D eigenvalue weighted by Crippen LogP contribution is 2.25. The number of aromatic amines is 1. The number of carbonyl (C=O) groups is 1. The van der Waals surface area contributed by atoms with E-state index in [2.05, 4.69) is 20.9 Å². The van der Waals surface area contributed by atoms with Gasteiger partial charge in [0.2, 0.25) is 5.43 Å². The Morgan fingerprint density at radius 2 is 1.66 bits per heavy atom. The summed E-state index contributed by atoms with van der Waals surface area (Å²) >= 11 is 3.34. The molecule has 9 heteroatoms. The van der Waals surface area contributed by atoms with Crippen LogP contribution in [-0.2, 0) is 10.0 Å². The molecule has 0 unspecified atom stereocenters. The third-order valence-electron chi connectivity index (χ3n) is 5.21. The monoisotopic (exact) mass is 519 g/mol. The van der Waals surface area contributed by atoms with E-state index in [4.69, 9.17) is 0 Å². The van der Waals surface area contributed by atoms with Crippen LogP contribution >= 0.6 is 15.9 Å². The molecule has 0 aliphatic rings. The largest absolute Gasteiger partial charge is 0.360 e. The molecule has 3 rings (SSSR count). The van der Waals surface area contributed by atoms with Gasteiger partial charge in [0.1, 0.15) is 5.56 Å². The summed E-state index contributed by atoms with van der Waals surface area (Å²) in [6.45, 7) is 5.05. The summed E-state index contributed by atoms with van der Waals surface area (Å²) in [7, 11) is -2.45. The van der Waals surface area contributed by atoms with E-state index in [1.165, 1.54) is 25.4 Å². The van der Waals surface area contributed by atoms with Crippen LogP contribution in [0.25, 0.3) is 10.9 Å². The van der Waals surface area contributed by atoms with E-state index < -0.39 is 15.5 Å². The fourth-order valence-electron chi connectivity index (χ4n) is 3.49. The number of rotatable bonds is 8. The molecule has 0 spiro atoms. The van der Waals surface area contributed by atoms with Gasteiger partial charge in [-0.3, -0.25) is 13.9 Å². The molecule has 1 heterocycles. The van der Waals surface area contributed by atoms with Crippen molar-refractivity contribution in [2.75, 3.05) is 24.4 Å². The Labute approximate surface area is 196 Å². The van der Waals surface area contributed by atoms with Gasteiger partial charge in [0.05, 0.1) is 10.6 Å². The van der Waals surface area contributed by atoms with Crippen LogP contribution < -0.4 is 9.73 Å². The maximum atomic E-state index is 13.2. The molecule has 0 fully saturated rings. The van der Waals surface area contributed by atoms with Crippen LogP contribution in [-0.4, -0.2) is 44.3 Å². The Morgan fingerprint density at radius 1 is 1.03 bits per heavy atom. The van der Waals surface area contributed by atoms with Crippen LogP contribution in [0.3, 0.4) is 0 Å². The lowest BCUT2D eigenvalue weighted by molar-refractivity contribution is 0.0754. The molecule has 32 heavy (non-hydrogen) atoms. The summed E-state index contributed by atoms with van der Waals surface area (Å²) < 4.78 is 28.4. The van der Waals surface area contributed by atoms with Gasteiger partial charge in [0.15, 0.2) is 0 Å². The number of fused-ring (bicyclic) bond motifs is 1. The molecule has 0 aliphatic carbocycles. The van der Waals surface area contributed by atoms with Crippen molar-refractivity contribution in [3.05, 3.63) is 68.9 Å². The molecule has 0 bridgehead atoms. The molecule has 1 N–H and O–H groups in total. The summed E-state index contributed by atoms with van der Waals surface area (Å²) in [6.07, 6.45) is 2.97. The number of H-pyrrole nitrogens is 1. The highest BCUT2D eigenvalue weighted by molar-refractivity contribution is 9.10. The molecular weight excluding hydrogens is 494 g/mol. The Balaban J connectivity index is 2.06. The van der Waals surface area contributed by atoms with Crippen LogP contribution in [0.2, 0.25) is 0 Å². The Kier molecular flexibility index (Phi) is 7.40. The predicted octanol–water partition coefficient (Wildman–Crippen LogP) is 4.38. The number of hydrogen-bond donors (Lipinski definition) is 1. The van der Waals surface area contributed by atoms with E-state index in [1.807, 2.05) is 13.8 Å². The molecule has 0 saturated heterocycles. The van der Waals surface area contributed by atoms with Gasteiger partial charge in [-0.2, -0.15) is 0 Å². The number of benzene rings is 2. The van der Waals surface area contributed by atoms with E-state index in [9.17, 15) is 18.0 Å². The predicted molar refractivity (Wildman–Crippen MR) is 131 cm³/mol. The second-order valence-corrected chi connectivity index (χ2v) is 10.4. The topological polar surface area (TPSA) is 90.6 Å². The minimum Gasteiger partial charge on any atom is -0.360 e. The number of sulfonamides is 1. The minimum absolute atomic E-state index is 0.00946. The van der Waals surface area contributed by atoms with E-state index in [1.54, 1.807) is 35.2 Å². The molecule has 2 aromatic carbocycles. The van der Waals surface area contributed by atoms with E-state index >= 15 is 0 Å². The maximum absolute atomic E-state index is 13.2. The fraction of sp³-hybridized carbons (Fsp3) is 0.304. The molecule has 0 aliphatic heterocycles. The SMILES string of the molecule is CCCN(CCC)C(=O)c1c[nH]c2ccc(S(=O)(=O)N(C)c3ccc(Br)cc3)cc2c1=O. The third kappa shape index (κ3) is 4.73. The molecule has 1 amide bonds. The van der Waals surface area contributed by atoms with Crippen molar-refractivity contribution in [3.8, 4) is 0 Å². The second kappa shape index (κ2) is 9.87. The standard InChI is InChI=1S/C23H26BrN3O4S/c1-4-12-27(13-5-2)23(29)20-15-25-21-11-10-18(14-19(21)22(20)28)32(30,31)26(3)17-8-6-16(24)7-9-17/h6-11,14-15H,4-5,12-13H2,1-3H3,(H,25,28). The number of anilines is 1. The first-order chi connectivity index (χ1) is 15.2. The average Bonchev–Trinajstić information content (AvgIpc) is 2.78. The van der Waals surface area contributed by atoms with E-state index in [-0.39, 0.29) is 21.8 Å². The van der Waals surface area contributed by atoms with Crippen LogP contribution in [0.5, 0.6) is 0 Å². The zero-order valence-electron chi connectivity index (χ0n) is 18.3. The van der Waals surface area contributed by atoms with Gasteiger partial charge in [0.25, 0.3) is 15.9 Å². The van der Waals surface area contributed by atoms with Crippen molar-refractivity contribution >= 4 is 48.5 Å². The number of amides is 1. The lowest BCUT2D eigenvalue weighted by atomic mass is 10.1. The summed E-state index contributed by atoms with van der Waals surface area (Å²) in [5, 5.41) is 0.161. The maximum Gasteiger partial charge on any atom is 0.264 e.